The van der Waals surface area contributed by atoms with E-state index in [0.29, 0.717) is 25.2 Å². The largest absolute Gasteiger partial charge is 0.417 e. The molecule has 2 aromatic carbocycles. The van der Waals surface area contributed by atoms with Crippen LogP contribution in [0.4, 0.5) is 28.9 Å². The molecule has 1 fully saturated rings. The molecule has 10 heteroatoms. The summed E-state index contributed by atoms with van der Waals surface area (Å²) in [4.78, 5) is 0.990. The Morgan fingerprint density at radius 2 is 1.89 bits per heavy atom. The van der Waals surface area contributed by atoms with Gasteiger partial charge >= 0.3 is 6.18 Å². The van der Waals surface area contributed by atoms with Crippen molar-refractivity contribution in [3.05, 3.63) is 53.8 Å². The second-order valence-corrected chi connectivity index (χ2v) is 8.19. The van der Waals surface area contributed by atoms with E-state index in [0.717, 1.165) is 18.6 Å². The number of halogens is 4. The molecule has 3 rings (SSSR count). The van der Waals surface area contributed by atoms with Crippen molar-refractivity contribution >= 4 is 21.4 Å². The Kier molecular flexibility index (Phi) is 5.53. The third kappa shape index (κ3) is 4.74. The molecule has 0 spiro atoms. The standard InChI is InChI=1S/C18H19F4N3O2S/c19-12-3-1-5-15(9-12)25-8-2-4-14(11-25)24-13-6-7-17(28(23,26)27)16(10-13)18(20,21)22/h1,3,5-7,9-10,14,24H,2,4,8,11H2,(H2,23,26,27). The first kappa shape index (κ1) is 20.4. The van der Waals surface area contributed by atoms with Gasteiger partial charge in [-0.2, -0.15) is 13.2 Å². The van der Waals surface area contributed by atoms with E-state index in [9.17, 15) is 26.0 Å². The maximum atomic E-state index is 13.4. The van der Waals surface area contributed by atoms with Gasteiger partial charge in [0.15, 0.2) is 0 Å². The lowest BCUT2D eigenvalue weighted by Crippen LogP contribution is -2.42. The molecule has 3 N–H and O–H groups in total. The summed E-state index contributed by atoms with van der Waals surface area (Å²) < 4.78 is 76.1. The summed E-state index contributed by atoms with van der Waals surface area (Å²) in [6.07, 6.45) is -3.38. The fourth-order valence-electron chi connectivity index (χ4n) is 3.33. The van der Waals surface area contributed by atoms with Crippen molar-refractivity contribution in [3.8, 4) is 0 Å². The Bertz CT molecular complexity index is 964. The zero-order valence-electron chi connectivity index (χ0n) is 14.7. The summed E-state index contributed by atoms with van der Waals surface area (Å²) in [5, 5.41) is 7.91. The molecule has 0 bridgehead atoms. The molecule has 1 aliphatic heterocycles. The van der Waals surface area contributed by atoms with Crippen LogP contribution in [0.3, 0.4) is 0 Å². The number of hydrogen-bond acceptors (Lipinski definition) is 4. The molecule has 0 aromatic heterocycles. The minimum absolute atomic E-state index is 0.144. The third-order valence-electron chi connectivity index (χ3n) is 4.56. The van der Waals surface area contributed by atoms with E-state index in [4.69, 9.17) is 5.14 Å². The Hall–Kier alpha value is -2.33. The summed E-state index contributed by atoms with van der Waals surface area (Å²) in [5.41, 5.74) is -0.462. The molecule has 0 saturated carbocycles. The van der Waals surface area contributed by atoms with E-state index in [2.05, 4.69) is 5.32 Å². The fraction of sp³-hybridized carbons (Fsp3) is 0.333. The molecule has 1 heterocycles. The molecule has 1 atom stereocenters. The highest BCUT2D eigenvalue weighted by Gasteiger charge is 2.37. The number of rotatable bonds is 4. The number of nitrogens with zero attached hydrogens (tertiary/aromatic N) is 1. The van der Waals surface area contributed by atoms with Crippen LogP contribution in [0.25, 0.3) is 0 Å². The predicted molar refractivity (Wildman–Crippen MR) is 98.1 cm³/mol. The molecule has 2 aromatic rings. The fourth-order valence-corrected chi connectivity index (χ4v) is 4.07. The third-order valence-corrected chi connectivity index (χ3v) is 5.53. The van der Waals surface area contributed by atoms with Crippen LogP contribution in [0.15, 0.2) is 47.4 Å². The van der Waals surface area contributed by atoms with Crippen molar-refractivity contribution in [1.82, 2.24) is 0 Å². The van der Waals surface area contributed by atoms with Crippen LogP contribution in [0.2, 0.25) is 0 Å². The lowest BCUT2D eigenvalue weighted by atomic mass is 10.0. The van der Waals surface area contributed by atoms with E-state index in [1.54, 1.807) is 12.1 Å². The van der Waals surface area contributed by atoms with Gasteiger partial charge in [0.2, 0.25) is 10.0 Å². The number of nitrogens with two attached hydrogens (primary N) is 1. The van der Waals surface area contributed by atoms with Crippen molar-refractivity contribution in [3.63, 3.8) is 0 Å². The average molecular weight is 417 g/mol. The van der Waals surface area contributed by atoms with Crippen molar-refractivity contribution in [1.29, 1.82) is 0 Å². The number of anilines is 2. The second-order valence-electron chi connectivity index (χ2n) is 6.66. The quantitative estimate of drug-likeness (QED) is 0.746. The van der Waals surface area contributed by atoms with Gasteiger partial charge in [0.05, 0.1) is 10.5 Å². The first-order valence-electron chi connectivity index (χ1n) is 8.55. The molecule has 1 aliphatic rings. The number of primary sulfonamides is 1. The molecule has 0 aliphatic carbocycles. The van der Waals surface area contributed by atoms with E-state index in [1.165, 1.54) is 18.2 Å². The number of alkyl halides is 3. The zero-order chi connectivity index (χ0) is 20.5. The lowest BCUT2D eigenvalue weighted by molar-refractivity contribution is -0.139. The molecular weight excluding hydrogens is 398 g/mol. The smallest absolute Gasteiger partial charge is 0.381 e. The van der Waals surface area contributed by atoms with Gasteiger partial charge in [-0.1, -0.05) is 6.07 Å². The SMILES string of the molecule is NS(=O)(=O)c1ccc(NC2CCCN(c3cccc(F)c3)C2)cc1C(F)(F)F. The van der Waals surface area contributed by atoms with Gasteiger partial charge in [0, 0.05) is 30.5 Å². The Morgan fingerprint density at radius 1 is 1.14 bits per heavy atom. The van der Waals surface area contributed by atoms with E-state index in [1.807, 2.05) is 4.90 Å². The van der Waals surface area contributed by atoms with Crippen molar-refractivity contribution in [2.24, 2.45) is 5.14 Å². The highest BCUT2D eigenvalue weighted by atomic mass is 32.2. The van der Waals surface area contributed by atoms with Crippen LogP contribution in [-0.4, -0.2) is 27.5 Å². The predicted octanol–water partition coefficient (Wildman–Crippen LogP) is 3.57. The van der Waals surface area contributed by atoms with Gasteiger partial charge in [0.1, 0.15) is 5.82 Å². The average Bonchev–Trinajstić information content (AvgIpc) is 2.60. The van der Waals surface area contributed by atoms with Gasteiger partial charge in [-0.15, -0.1) is 0 Å². The maximum Gasteiger partial charge on any atom is 0.417 e. The molecule has 1 unspecified atom stereocenters. The van der Waals surface area contributed by atoms with Crippen LogP contribution in [-0.2, 0) is 16.2 Å². The first-order valence-corrected chi connectivity index (χ1v) is 10.1. The van der Waals surface area contributed by atoms with E-state index < -0.39 is 26.7 Å². The van der Waals surface area contributed by atoms with Crippen LogP contribution < -0.4 is 15.4 Å². The van der Waals surface area contributed by atoms with Crippen molar-refractivity contribution in [2.75, 3.05) is 23.3 Å². The minimum atomic E-state index is -4.86. The number of benzene rings is 2. The number of nitrogens with one attached hydrogen (secondary N) is 1. The van der Waals surface area contributed by atoms with Gasteiger partial charge in [-0.3, -0.25) is 0 Å². The molecule has 1 saturated heterocycles. The summed E-state index contributed by atoms with van der Waals surface area (Å²) in [7, 11) is -4.51. The van der Waals surface area contributed by atoms with E-state index >= 15 is 0 Å². The van der Waals surface area contributed by atoms with Crippen LogP contribution in [0.5, 0.6) is 0 Å². The summed E-state index contributed by atoms with van der Waals surface area (Å²) in [6.45, 7) is 1.18. The van der Waals surface area contributed by atoms with Crippen LogP contribution >= 0.6 is 0 Å². The Balaban J connectivity index is 1.81. The normalized spacial score (nSPS) is 18.2. The number of piperidine rings is 1. The highest BCUT2D eigenvalue weighted by molar-refractivity contribution is 7.89. The van der Waals surface area contributed by atoms with Gasteiger partial charge in [-0.05, 0) is 49.2 Å². The molecule has 0 radical (unpaired) electrons. The summed E-state index contributed by atoms with van der Waals surface area (Å²) in [5.74, 6) is -0.360. The van der Waals surface area contributed by atoms with Crippen molar-refractivity contribution < 1.29 is 26.0 Å². The molecule has 152 valence electrons. The number of sulfonamides is 1. The minimum Gasteiger partial charge on any atom is -0.381 e. The number of hydrogen-bond donors (Lipinski definition) is 2. The van der Waals surface area contributed by atoms with Crippen LogP contribution in [0.1, 0.15) is 18.4 Å². The molecule has 28 heavy (non-hydrogen) atoms. The summed E-state index contributed by atoms with van der Waals surface area (Å²) >= 11 is 0. The van der Waals surface area contributed by atoms with E-state index in [-0.39, 0.29) is 17.5 Å². The monoisotopic (exact) mass is 417 g/mol. The second kappa shape index (κ2) is 7.59. The first-order chi connectivity index (χ1) is 13.0. The topological polar surface area (TPSA) is 75.4 Å². The Labute approximate surface area is 160 Å². The summed E-state index contributed by atoms with van der Waals surface area (Å²) in [6, 6.07) is 8.81. The zero-order valence-corrected chi connectivity index (χ0v) is 15.5. The van der Waals surface area contributed by atoms with Gasteiger partial charge < -0.3 is 10.2 Å². The van der Waals surface area contributed by atoms with Crippen molar-refractivity contribution in [2.45, 2.75) is 30.0 Å². The molecular formula is C18H19F4N3O2S. The Morgan fingerprint density at radius 3 is 2.54 bits per heavy atom. The van der Waals surface area contributed by atoms with Crippen LogP contribution in [0, 0.1) is 5.82 Å². The van der Waals surface area contributed by atoms with Gasteiger partial charge in [-0.25, -0.2) is 17.9 Å². The van der Waals surface area contributed by atoms with Gasteiger partial charge in [0.25, 0.3) is 0 Å². The maximum absolute atomic E-state index is 13.4. The molecule has 5 nitrogen and oxygen atoms in total. The molecule has 0 amide bonds. The highest BCUT2D eigenvalue weighted by Crippen LogP contribution is 2.36. The lowest BCUT2D eigenvalue weighted by Gasteiger charge is -2.35.